The minimum Gasteiger partial charge on any atom is -0.338 e. The highest BCUT2D eigenvalue weighted by Crippen LogP contribution is 2.26. The van der Waals surface area contributed by atoms with Gasteiger partial charge in [0.2, 0.25) is 0 Å². The maximum Gasteiger partial charge on any atom is 0.160 e. The molecule has 0 saturated carbocycles. The summed E-state index contributed by atoms with van der Waals surface area (Å²) in [4.78, 5) is 18.7. The van der Waals surface area contributed by atoms with E-state index in [1.54, 1.807) is 10.6 Å². The maximum atomic E-state index is 13.6. The number of nitrogens with one attached hydrogen (secondary N) is 2. The molecule has 0 unspecified atom stereocenters. The van der Waals surface area contributed by atoms with Crippen molar-refractivity contribution in [2.45, 2.75) is 13.1 Å². The number of carbonyl (C=O) groups is 1. The number of carbonyl (C=O) groups excluding carboxylic acids is 1. The van der Waals surface area contributed by atoms with Crippen molar-refractivity contribution in [1.29, 1.82) is 0 Å². The topological polar surface area (TPSA) is 92.4 Å². The molecule has 2 N–H and O–H groups in total. The van der Waals surface area contributed by atoms with Crippen molar-refractivity contribution in [3.63, 3.8) is 0 Å². The summed E-state index contributed by atoms with van der Waals surface area (Å²) in [6.45, 7) is 3.56. The van der Waals surface area contributed by atoms with E-state index in [0.29, 0.717) is 32.0 Å². The van der Waals surface area contributed by atoms with Crippen LogP contribution in [0.4, 0.5) is 15.9 Å². The predicted molar refractivity (Wildman–Crippen MR) is 135 cm³/mol. The molecule has 1 saturated heterocycles. The number of Topliss-reactive ketones (excluding diaryl/α,β-unsaturated/α-hetero) is 1. The molecule has 1 fully saturated rings. The Bertz CT molecular complexity index is 1560. The number of benzene rings is 2. The van der Waals surface area contributed by atoms with Gasteiger partial charge in [0.15, 0.2) is 11.6 Å². The minimum absolute atomic E-state index is 0.192. The molecule has 182 valence electrons. The number of fused-ring (bicyclic) bond motifs is 2. The molecular weight excluding hydrogens is 459 g/mol. The Morgan fingerprint density at radius 1 is 1.08 bits per heavy atom. The van der Waals surface area contributed by atoms with Gasteiger partial charge in [0.25, 0.3) is 0 Å². The summed E-state index contributed by atoms with van der Waals surface area (Å²) in [5, 5.41) is 16.4. The van der Waals surface area contributed by atoms with Crippen LogP contribution in [0, 0.1) is 5.82 Å². The first-order chi connectivity index (χ1) is 17.6. The zero-order valence-electron chi connectivity index (χ0n) is 19.6. The number of hydrogen-bond donors (Lipinski definition) is 2. The molecule has 2 aromatic carbocycles. The van der Waals surface area contributed by atoms with Crippen molar-refractivity contribution >= 4 is 33.7 Å². The third-order valence-corrected chi connectivity index (χ3v) is 6.38. The van der Waals surface area contributed by atoms with Crippen LogP contribution in [0.15, 0.2) is 67.3 Å². The first kappa shape index (κ1) is 22.3. The molecule has 0 aliphatic carbocycles. The first-order valence-electron chi connectivity index (χ1n) is 11.9. The zero-order valence-corrected chi connectivity index (χ0v) is 19.6. The average Bonchev–Trinajstić information content (AvgIpc) is 3.39. The first-order valence-corrected chi connectivity index (χ1v) is 11.9. The molecule has 4 heterocycles. The van der Waals surface area contributed by atoms with Crippen molar-refractivity contribution in [2.75, 3.05) is 31.5 Å². The summed E-state index contributed by atoms with van der Waals surface area (Å²) in [5.74, 6) is 0.628. The van der Waals surface area contributed by atoms with E-state index in [1.165, 1.54) is 18.5 Å². The molecular formula is C26H25FN8O. The van der Waals surface area contributed by atoms with Crippen LogP contribution in [0.1, 0.15) is 11.1 Å². The maximum absolute atomic E-state index is 13.6. The van der Waals surface area contributed by atoms with Crippen LogP contribution in [0.25, 0.3) is 16.4 Å². The molecule has 36 heavy (non-hydrogen) atoms. The fraction of sp³-hybridized carbons (Fsp3) is 0.231. The lowest BCUT2D eigenvalue weighted by Gasteiger charge is -2.18. The molecule has 6 rings (SSSR count). The predicted octanol–water partition coefficient (Wildman–Crippen LogP) is 2.98. The van der Waals surface area contributed by atoms with E-state index in [1.807, 2.05) is 47.4 Å². The highest BCUT2D eigenvalue weighted by Gasteiger charge is 2.18. The quantitative estimate of drug-likeness (QED) is 0.383. The summed E-state index contributed by atoms with van der Waals surface area (Å²) >= 11 is 0. The van der Waals surface area contributed by atoms with Gasteiger partial charge in [-0.3, -0.25) is 14.4 Å². The molecule has 1 aliphatic heterocycles. The molecule has 10 heteroatoms. The van der Waals surface area contributed by atoms with Crippen molar-refractivity contribution in [3.05, 3.63) is 84.2 Å². The van der Waals surface area contributed by atoms with Crippen molar-refractivity contribution in [3.8, 4) is 0 Å². The third kappa shape index (κ3) is 4.56. The van der Waals surface area contributed by atoms with E-state index in [9.17, 15) is 9.18 Å². The highest BCUT2D eigenvalue weighted by molar-refractivity contribution is 5.85. The van der Waals surface area contributed by atoms with Gasteiger partial charge in [0, 0.05) is 36.9 Å². The highest BCUT2D eigenvalue weighted by atomic mass is 19.1. The largest absolute Gasteiger partial charge is 0.338 e. The van der Waals surface area contributed by atoms with Crippen molar-refractivity contribution in [2.24, 2.45) is 0 Å². The van der Waals surface area contributed by atoms with Crippen LogP contribution in [0.2, 0.25) is 0 Å². The van der Waals surface area contributed by atoms with Crippen molar-refractivity contribution in [1.82, 2.24) is 34.6 Å². The molecule has 3 aromatic heterocycles. The molecule has 0 atom stereocenters. The number of anilines is 2. The second-order valence-electron chi connectivity index (χ2n) is 9.00. The van der Waals surface area contributed by atoms with Gasteiger partial charge < -0.3 is 10.6 Å². The summed E-state index contributed by atoms with van der Waals surface area (Å²) in [5.41, 5.74) is 4.62. The van der Waals surface area contributed by atoms with Crippen LogP contribution in [-0.2, 0) is 17.9 Å². The monoisotopic (exact) mass is 484 g/mol. The van der Waals surface area contributed by atoms with E-state index in [4.69, 9.17) is 0 Å². The lowest BCUT2D eigenvalue weighted by molar-refractivity contribution is -0.118. The fourth-order valence-corrected chi connectivity index (χ4v) is 4.70. The Hall–Kier alpha value is -4.15. The minimum atomic E-state index is -0.254. The van der Waals surface area contributed by atoms with E-state index in [2.05, 4.69) is 30.7 Å². The zero-order chi connectivity index (χ0) is 24.5. The molecule has 0 spiro atoms. The normalized spacial score (nSPS) is 15.0. The number of ketones is 1. The molecule has 0 bridgehead atoms. The Balaban J connectivity index is 1.26. The molecule has 9 nitrogen and oxygen atoms in total. The average molecular weight is 485 g/mol. The fourth-order valence-electron chi connectivity index (χ4n) is 4.70. The Labute approximate surface area is 206 Å². The smallest absolute Gasteiger partial charge is 0.160 e. The van der Waals surface area contributed by atoms with Gasteiger partial charge in [-0.05, 0) is 47.5 Å². The van der Waals surface area contributed by atoms with Crippen LogP contribution in [-0.4, -0.2) is 61.2 Å². The number of hydrogen-bond acceptors (Lipinski definition) is 7. The Morgan fingerprint density at radius 2 is 2.03 bits per heavy atom. The molecule has 1 aliphatic rings. The lowest BCUT2D eigenvalue weighted by atomic mass is 10.2. The molecule has 5 aromatic rings. The Kier molecular flexibility index (Phi) is 5.88. The van der Waals surface area contributed by atoms with Crippen LogP contribution in [0.5, 0.6) is 0 Å². The van der Waals surface area contributed by atoms with Gasteiger partial charge in [-0.1, -0.05) is 12.1 Å². The van der Waals surface area contributed by atoms with E-state index < -0.39 is 0 Å². The summed E-state index contributed by atoms with van der Waals surface area (Å²) < 4.78 is 17.2. The second-order valence-corrected chi connectivity index (χ2v) is 9.00. The van der Waals surface area contributed by atoms with Gasteiger partial charge in [0.05, 0.1) is 31.3 Å². The second kappa shape index (κ2) is 9.48. The lowest BCUT2D eigenvalue weighted by Crippen LogP contribution is -2.29. The van der Waals surface area contributed by atoms with Gasteiger partial charge in [-0.2, -0.15) is 10.2 Å². The number of nitrogens with zero attached hydrogens (tertiary/aromatic N) is 6. The molecule has 0 radical (unpaired) electrons. The number of halogens is 1. The standard InChI is InChI=1S/C26H25FN8O/c27-21-3-1-2-18(10-21)14-35-24-5-4-22(11-20(24)12-30-35)32-26-25-19(6-8-34(25)31-17-29-26)15-33-9-7-28-13-23(36)16-33/h1-6,8,10-12,17,28H,7,9,13-16H2,(H,29,31,32). The van der Waals surface area contributed by atoms with E-state index >= 15 is 0 Å². The van der Waals surface area contributed by atoms with Crippen molar-refractivity contribution < 1.29 is 9.18 Å². The number of rotatable bonds is 6. The summed E-state index contributed by atoms with van der Waals surface area (Å²) in [7, 11) is 0. The van der Waals surface area contributed by atoms with Gasteiger partial charge >= 0.3 is 0 Å². The van der Waals surface area contributed by atoms with Gasteiger partial charge in [0.1, 0.15) is 17.7 Å². The van der Waals surface area contributed by atoms with Crippen LogP contribution < -0.4 is 10.6 Å². The SMILES string of the molecule is O=C1CNCCN(Cc2ccn3ncnc(Nc4ccc5c(cnn5Cc5cccc(F)c5)c4)c23)C1. The summed E-state index contributed by atoms with van der Waals surface area (Å²) in [6.07, 6.45) is 5.24. The summed E-state index contributed by atoms with van der Waals surface area (Å²) in [6, 6.07) is 14.6. The van der Waals surface area contributed by atoms with E-state index in [0.717, 1.165) is 46.3 Å². The van der Waals surface area contributed by atoms with Crippen LogP contribution >= 0.6 is 0 Å². The van der Waals surface area contributed by atoms with Gasteiger partial charge in [-0.25, -0.2) is 13.9 Å². The third-order valence-electron chi connectivity index (χ3n) is 6.38. The van der Waals surface area contributed by atoms with Gasteiger partial charge in [-0.15, -0.1) is 0 Å². The molecule has 0 amide bonds. The van der Waals surface area contributed by atoms with Crippen LogP contribution in [0.3, 0.4) is 0 Å². The Morgan fingerprint density at radius 3 is 2.94 bits per heavy atom. The van der Waals surface area contributed by atoms with E-state index in [-0.39, 0.29) is 11.6 Å². The number of aromatic nitrogens is 5.